The molecular formula is C37H47N3O5. The van der Waals surface area contributed by atoms with Gasteiger partial charge in [-0.1, -0.05) is 74.5 Å². The number of para-hydroxylation sites is 1. The van der Waals surface area contributed by atoms with Crippen LogP contribution in [0.4, 0.5) is 5.69 Å². The van der Waals surface area contributed by atoms with Crippen LogP contribution in [0.2, 0.25) is 0 Å². The molecule has 0 aromatic heterocycles. The number of likely N-dealkylation sites (tertiary alicyclic amines) is 1. The van der Waals surface area contributed by atoms with Gasteiger partial charge in [-0.05, 0) is 56.2 Å². The van der Waals surface area contributed by atoms with Gasteiger partial charge in [-0.25, -0.2) is 0 Å². The fourth-order valence-corrected chi connectivity index (χ4v) is 8.18. The summed E-state index contributed by atoms with van der Waals surface area (Å²) >= 11 is 0. The Morgan fingerprint density at radius 2 is 1.67 bits per heavy atom. The van der Waals surface area contributed by atoms with Crippen LogP contribution in [0.15, 0.2) is 73.8 Å². The number of aliphatic hydroxyl groups is 1. The Bertz CT molecular complexity index is 1450. The molecule has 0 radical (unpaired) electrons. The lowest BCUT2D eigenvalue weighted by molar-refractivity contribution is -0.153. The molecule has 6 atom stereocenters. The van der Waals surface area contributed by atoms with E-state index in [4.69, 9.17) is 4.74 Å². The van der Waals surface area contributed by atoms with Gasteiger partial charge in [0.2, 0.25) is 11.8 Å². The highest BCUT2D eigenvalue weighted by molar-refractivity contribution is 6.06. The molecule has 3 heterocycles. The Morgan fingerprint density at radius 1 is 1.02 bits per heavy atom. The minimum atomic E-state index is -1.21. The molecule has 8 heteroatoms. The van der Waals surface area contributed by atoms with Crippen molar-refractivity contribution >= 4 is 23.4 Å². The summed E-state index contributed by atoms with van der Waals surface area (Å²) in [6, 6.07) is 14.0. The maximum absolute atomic E-state index is 15.0. The van der Waals surface area contributed by atoms with E-state index in [-0.39, 0.29) is 36.8 Å². The van der Waals surface area contributed by atoms with Crippen molar-refractivity contribution in [1.29, 1.82) is 0 Å². The van der Waals surface area contributed by atoms with Crippen molar-refractivity contribution in [3.63, 3.8) is 0 Å². The van der Waals surface area contributed by atoms with Crippen LogP contribution in [-0.4, -0.2) is 75.6 Å². The number of hydrogen-bond acceptors (Lipinski definition) is 5. The van der Waals surface area contributed by atoms with E-state index in [1.165, 1.54) is 0 Å². The number of fused-ring (bicyclic) bond motifs is 1. The fourth-order valence-electron chi connectivity index (χ4n) is 8.18. The molecule has 2 unspecified atom stereocenters. The van der Waals surface area contributed by atoms with Crippen molar-refractivity contribution in [3.05, 3.63) is 90.5 Å². The highest BCUT2D eigenvalue weighted by atomic mass is 16.5. The third-order valence-corrected chi connectivity index (χ3v) is 10.2. The van der Waals surface area contributed by atoms with Gasteiger partial charge in [0.05, 0.1) is 30.1 Å². The van der Waals surface area contributed by atoms with E-state index >= 15 is 4.79 Å². The number of anilines is 1. The summed E-state index contributed by atoms with van der Waals surface area (Å²) in [5.74, 6) is -2.57. The van der Waals surface area contributed by atoms with Crippen LogP contribution in [-0.2, 0) is 25.7 Å². The zero-order chi connectivity index (χ0) is 32.7. The monoisotopic (exact) mass is 613 g/mol. The molecule has 8 nitrogen and oxygen atoms in total. The summed E-state index contributed by atoms with van der Waals surface area (Å²) in [7, 11) is 0. The number of ether oxygens (including phenoxy) is 1. The van der Waals surface area contributed by atoms with Gasteiger partial charge in [0.15, 0.2) is 0 Å². The second-order valence-electron chi connectivity index (χ2n) is 13.4. The molecule has 3 aliphatic rings. The van der Waals surface area contributed by atoms with E-state index in [0.29, 0.717) is 25.9 Å². The van der Waals surface area contributed by atoms with E-state index in [9.17, 15) is 14.7 Å². The van der Waals surface area contributed by atoms with E-state index < -0.39 is 35.1 Å². The molecule has 45 heavy (non-hydrogen) atoms. The molecule has 240 valence electrons. The molecule has 3 amide bonds. The van der Waals surface area contributed by atoms with Crippen molar-refractivity contribution in [2.75, 3.05) is 24.6 Å². The maximum Gasteiger partial charge on any atom is 0.253 e. The molecule has 3 fully saturated rings. The molecule has 3 aliphatic heterocycles. The lowest BCUT2D eigenvalue weighted by Gasteiger charge is -2.41. The van der Waals surface area contributed by atoms with E-state index in [2.05, 4.69) is 13.2 Å². The van der Waals surface area contributed by atoms with E-state index in [1.807, 2.05) is 83.1 Å². The van der Waals surface area contributed by atoms with Gasteiger partial charge in [0.25, 0.3) is 5.91 Å². The predicted octanol–water partition coefficient (Wildman–Crippen LogP) is 4.82. The first-order chi connectivity index (χ1) is 21.5. The number of amides is 3. The molecule has 0 aliphatic carbocycles. The normalized spacial score (nSPS) is 27.4. The van der Waals surface area contributed by atoms with Crippen LogP contribution in [0, 0.1) is 31.6 Å². The average Bonchev–Trinajstić information content (AvgIpc) is 3.57. The standard InChI is InChI=1S/C37H47N3O5/c1-8-20-38(22-27-16-11-10-12-17-27)33(42)29-30-34(43)40(28(23-41)24(3)4)32(37(30)19-18-36(29,7)45-37)35(44)39(21-9-2)31-25(5)14-13-15-26(31)6/h8-17,24,28-30,32,41H,1-2,18-23H2,3-7H3/t28-,29-,30-,32?,36+,37?/m0/s1. The summed E-state index contributed by atoms with van der Waals surface area (Å²) in [5, 5.41) is 10.6. The van der Waals surface area contributed by atoms with Crippen LogP contribution < -0.4 is 4.90 Å². The van der Waals surface area contributed by atoms with Gasteiger partial charge in [0.1, 0.15) is 11.6 Å². The van der Waals surface area contributed by atoms with Crippen molar-refractivity contribution in [2.24, 2.45) is 17.8 Å². The van der Waals surface area contributed by atoms with Crippen LogP contribution >= 0.6 is 0 Å². The Labute approximate surface area is 267 Å². The van der Waals surface area contributed by atoms with Gasteiger partial charge >= 0.3 is 0 Å². The zero-order valence-electron chi connectivity index (χ0n) is 27.2. The summed E-state index contributed by atoms with van der Waals surface area (Å²) < 4.78 is 6.93. The average molecular weight is 614 g/mol. The molecule has 3 saturated heterocycles. The smallest absolute Gasteiger partial charge is 0.253 e. The highest BCUT2D eigenvalue weighted by Gasteiger charge is 2.79. The Morgan fingerprint density at radius 3 is 2.24 bits per heavy atom. The molecule has 0 saturated carbocycles. The van der Waals surface area contributed by atoms with Gasteiger partial charge in [0, 0.05) is 25.3 Å². The second-order valence-corrected chi connectivity index (χ2v) is 13.4. The third kappa shape index (κ3) is 5.32. The minimum Gasteiger partial charge on any atom is -0.394 e. The van der Waals surface area contributed by atoms with Crippen molar-refractivity contribution in [1.82, 2.24) is 9.80 Å². The lowest BCUT2D eigenvalue weighted by atomic mass is 9.66. The molecule has 2 aromatic carbocycles. The van der Waals surface area contributed by atoms with Crippen LogP contribution in [0.5, 0.6) is 0 Å². The van der Waals surface area contributed by atoms with Gasteiger partial charge in [-0.3, -0.25) is 14.4 Å². The number of carbonyl (C=O) groups is 3. The molecule has 1 spiro atoms. The summed E-state index contributed by atoms with van der Waals surface area (Å²) in [6.45, 7) is 18.1. The molecular weight excluding hydrogens is 566 g/mol. The zero-order valence-corrected chi connectivity index (χ0v) is 27.2. The van der Waals surface area contributed by atoms with Gasteiger partial charge in [-0.15, -0.1) is 13.2 Å². The van der Waals surface area contributed by atoms with Crippen LogP contribution in [0.3, 0.4) is 0 Å². The number of aliphatic hydroxyl groups excluding tert-OH is 1. The Hall–Kier alpha value is -3.75. The number of carbonyl (C=O) groups excluding carboxylic acids is 3. The van der Waals surface area contributed by atoms with E-state index in [1.54, 1.807) is 26.9 Å². The quantitative estimate of drug-likeness (QED) is 0.347. The second kappa shape index (κ2) is 12.6. The lowest BCUT2D eigenvalue weighted by Crippen LogP contribution is -2.60. The van der Waals surface area contributed by atoms with Gasteiger partial charge < -0.3 is 24.5 Å². The number of nitrogens with zero attached hydrogens (tertiary/aromatic N) is 3. The predicted molar refractivity (Wildman–Crippen MR) is 175 cm³/mol. The molecule has 1 N–H and O–H groups in total. The Kier molecular flexibility index (Phi) is 9.11. The van der Waals surface area contributed by atoms with Crippen molar-refractivity contribution < 1.29 is 24.2 Å². The number of rotatable bonds is 12. The largest absolute Gasteiger partial charge is 0.394 e. The van der Waals surface area contributed by atoms with Gasteiger partial charge in [-0.2, -0.15) is 0 Å². The number of aryl methyl sites for hydroxylation is 2. The number of hydrogen-bond donors (Lipinski definition) is 1. The maximum atomic E-state index is 15.0. The first-order valence-corrected chi connectivity index (χ1v) is 16.0. The van der Waals surface area contributed by atoms with Crippen molar-refractivity contribution in [3.8, 4) is 0 Å². The highest BCUT2D eigenvalue weighted by Crippen LogP contribution is 2.64. The summed E-state index contributed by atoms with van der Waals surface area (Å²) in [6.07, 6.45) is 4.37. The topological polar surface area (TPSA) is 90.4 Å². The minimum absolute atomic E-state index is 0.144. The van der Waals surface area contributed by atoms with Crippen molar-refractivity contribution in [2.45, 2.75) is 77.3 Å². The number of benzene rings is 2. The molecule has 5 rings (SSSR count). The molecule has 2 aromatic rings. The third-order valence-electron chi connectivity index (χ3n) is 10.2. The van der Waals surface area contributed by atoms with Crippen LogP contribution in [0.25, 0.3) is 0 Å². The Balaban J connectivity index is 1.63. The SMILES string of the molecule is C=CCN(Cc1ccccc1)C(=O)[C@@H]1[C@H]2C(=O)N([C@@H](CO)C(C)C)C(C(=O)N(CC=C)c3c(C)cccc3C)C23CC[C@@]1(C)O3. The summed E-state index contributed by atoms with van der Waals surface area (Å²) in [5.41, 5.74) is 1.45. The first kappa shape index (κ1) is 32.6. The summed E-state index contributed by atoms with van der Waals surface area (Å²) in [4.78, 5) is 49.4. The fraction of sp³-hybridized carbons (Fsp3) is 0.486. The van der Waals surface area contributed by atoms with Crippen LogP contribution in [0.1, 0.15) is 50.3 Å². The van der Waals surface area contributed by atoms with E-state index in [0.717, 1.165) is 22.4 Å². The molecule has 2 bridgehead atoms. The first-order valence-electron chi connectivity index (χ1n) is 16.0.